The van der Waals surface area contributed by atoms with Crippen molar-refractivity contribution < 1.29 is 4.79 Å². The Morgan fingerprint density at radius 1 is 1.21 bits per heavy atom. The second-order valence-electron chi connectivity index (χ2n) is 6.44. The van der Waals surface area contributed by atoms with Gasteiger partial charge in [0.1, 0.15) is 0 Å². The van der Waals surface area contributed by atoms with Gasteiger partial charge in [0.15, 0.2) is 0 Å². The van der Waals surface area contributed by atoms with Gasteiger partial charge in [0, 0.05) is 44.7 Å². The van der Waals surface area contributed by atoms with Crippen LogP contribution in [0.2, 0.25) is 0 Å². The molecule has 19 heavy (non-hydrogen) atoms. The number of hydrogen-bond acceptors (Lipinski definition) is 3. The van der Waals surface area contributed by atoms with Crippen molar-refractivity contribution in [3.05, 3.63) is 0 Å². The van der Waals surface area contributed by atoms with Crippen LogP contribution >= 0.6 is 0 Å². The Morgan fingerprint density at radius 3 is 2.37 bits per heavy atom. The summed E-state index contributed by atoms with van der Waals surface area (Å²) in [7, 11) is 0. The molecule has 0 bridgehead atoms. The molecule has 4 nitrogen and oxygen atoms in total. The predicted octanol–water partition coefficient (Wildman–Crippen LogP) is 0.914. The van der Waals surface area contributed by atoms with Crippen LogP contribution in [0.1, 0.15) is 32.6 Å². The summed E-state index contributed by atoms with van der Waals surface area (Å²) >= 11 is 0. The van der Waals surface area contributed by atoms with Crippen LogP contribution in [0.3, 0.4) is 0 Å². The van der Waals surface area contributed by atoms with E-state index in [0.717, 1.165) is 51.0 Å². The third-order valence-electron chi connectivity index (χ3n) is 5.58. The molecule has 0 spiro atoms. The van der Waals surface area contributed by atoms with Crippen LogP contribution in [0.5, 0.6) is 0 Å². The van der Waals surface area contributed by atoms with Gasteiger partial charge < -0.3 is 10.6 Å². The summed E-state index contributed by atoms with van der Waals surface area (Å²) < 4.78 is 0. The minimum atomic E-state index is 0.400. The number of fused-ring (bicyclic) bond motifs is 1. The SMILES string of the molecule is CCC(CN)N1CCN(C(=O)C2C3CCCC32)CC1. The Labute approximate surface area is 116 Å². The molecule has 3 fully saturated rings. The lowest BCUT2D eigenvalue weighted by molar-refractivity contribution is -0.135. The highest BCUT2D eigenvalue weighted by molar-refractivity contribution is 5.82. The van der Waals surface area contributed by atoms with E-state index < -0.39 is 0 Å². The lowest BCUT2D eigenvalue weighted by atomic mass is 10.1. The summed E-state index contributed by atoms with van der Waals surface area (Å²) in [4.78, 5) is 17.0. The first-order valence-corrected chi connectivity index (χ1v) is 7.99. The molecule has 0 aromatic heterocycles. The van der Waals surface area contributed by atoms with Gasteiger partial charge in [-0.3, -0.25) is 9.69 Å². The Bertz CT molecular complexity index is 324. The number of carbonyl (C=O) groups excluding carboxylic acids is 1. The second kappa shape index (κ2) is 5.41. The number of amides is 1. The zero-order valence-corrected chi connectivity index (χ0v) is 12.1. The molecule has 2 aliphatic carbocycles. The first kappa shape index (κ1) is 13.4. The summed E-state index contributed by atoms with van der Waals surface area (Å²) in [6, 6.07) is 0.498. The van der Waals surface area contributed by atoms with Crippen molar-refractivity contribution in [1.82, 2.24) is 9.80 Å². The number of piperazine rings is 1. The predicted molar refractivity (Wildman–Crippen MR) is 75.6 cm³/mol. The van der Waals surface area contributed by atoms with Crippen molar-refractivity contribution in [1.29, 1.82) is 0 Å². The normalized spacial score (nSPS) is 36.1. The fourth-order valence-corrected chi connectivity index (χ4v) is 4.28. The van der Waals surface area contributed by atoms with Gasteiger partial charge in [0.2, 0.25) is 5.91 Å². The van der Waals surface area contributed by atoms with E-state index in [-0.39, 0.29) is 0 Å². The average molecular weight is 265 g/mol. The lowest BCUT2D eigenvalue weighted by Crippen LogP contribution is -2.54. The molecular weight excluding hydrogens is 238 g/mol. The van der Waals surface area contributed by atoms with Crippen molar-refractivity contribution in [3.8, 4) is 0 Å². The molecule has 1 amide bonds. The van der Waals surface area contributed by atoms with Crippen LogP contribution in [0.15, 0.2) is 0 Å². The molecule has 0 aromatic carbocycles. The van der Waals surface area contributed by atoms with Crippen molar-refractivity contribution in [2.24, 2.45) is 23.5 Å². The Morgan fingerprint density at radius 2 is 1.84 bits per heavy atom. The molecular formula is C15H27N3O. The second-order valence-corrected chi connectivity index (χ2v) is 6.44. The highest BCUT2D eigenvalue weighted by Crippen LogP contribution is 2.58. The monoisotopic (exact) mass is 265 g/mol. The van der Waals surface area contributed by atoms with E-state index >= 15 is 0 Å². The Balaban J connectivity index is 1.49. The van der Waals surface area contributed by atoms with E-state index in [1.54, 1.807) is 0 Å². The van der Waals surface area contributed by atoms with Crippen LogP contribution in [-0.4, -0.2) is 54.5 Å². The Hall–Kier alpha value is -0.610. The van der Waals surface area contributed by atoms with Crippen molar-refractivity contribution in [3.63, 3.8) is 0 Å². The van der Waals surface area contributed by atoms with Crippen molar-refractivity contribution in [2.45, 2.75) is 38.6 Å². The van der Waals surface area contributed by atoms with E-state index in [1.807, 2.05) is 0 Å². The number of hydrogen-bond donors (Lipinski definition) is 1. The molecule has 108 valence electrons. The highest BCUT2D eigenvalue weighted by atomic mass is 16.2. The summed E-state index contributed by atoms with van der Waals surface area (Å²) in [5.41, 5.74) is 5.81. The van der Waals surface area contributed by atoms with Crippen molar-refractivity contribution in [2.75, 3.05) is 32.7 Å². The van der Waals surface area contributed by atoms with Crippen LogP contribution in [0, 0.1) is 17.8 Å². The molecule has 0 aromatic rings. The van der Waals surface area contributed by atoms with Crippen LogP contribution in [-0.2, 0) is 4.79 Å². The van der Waals surface area contributed by atoms with Gasteiger partial charge in [-0.2, -0.15) is 0 Å². The van der Waals surface area contributed by atoms with E-state index in [4.69, 9.17) is 5.73 Å². The van der Waals surface area contributed by atoms with Gasteiger partial charge in [-0.1, -0.05) is 13.3 Å². The lowest BCUT2D eigenvalue weighted by Gasteiger charge is -2.39. The van der Waals surface area contributed by atoms with Gasteiger partial charge in [0.05, 0.1) is 0 Å². The fraction of sp³-hybridized carbons (Fsp3) is 0.933. The number of carbonyl (C=O) groups is 1. The number of rotatable bonds is 4. The molecule has 1 saturated heterocycles. The molecule has 3 rings (SSSR count). The van der Waals surface area contributed by atoms with Gasteiger partial charge in [0.25, 0.3) is 0 Å². The summed E-state index contributed by atoms with van der Waals surface area (Å²) in [5, 5.41) is 0. The molecule has 3 unspecified atom stereocenters. The molecule has 0 radical (unpaired) electrons. The third kappa shape index (κ3) is 2.40. The van der Waals surface area contributed by atoms with E-state index in [2.05, 4.69) is 16.7 Å². The van der Waals surface area contributed by atoms with Crippen LogP contribution in [0.25, 0.3) is 0 Å². The Kier molecular flexibility index (Phi) is 3.81. The zero-order valence-electron chi connectivity index (χ0n) is 12.1. The summed E-state index contributed by atoms with van der Waals surface area (Å²) in [6.45, 7) is 6.75. The fourth-order valence-electron chi connectivity index (χ4n) is 4.28. The molecule has 3 aliphatic rings. The minimum absolute atomic E-state index is 0.400. The topological polar surface area (TPSA) is 49.6 Å². The van der Waals surface area contributed by atoms with Crippen LogP contribution < -0.4 is 5.73 Å². The standard InChI is InChI=1S/C15H27N3O/c1-2-11(10-16)17-6-8-18(9-7-17)15(19)14-12-4-3-5-13(12)14/h11-14H,2-10,16H2,1H3. The van der Waals surface area contributed by atoms with Crippen LogP contribution in [0.4, 0.5) is 0 Å². The highest BCUT2D eigenvalue weighted by Gasteiger charge is 2.57. The first-order chi connectivity index (χ1) is 9.26. The number of nitrogens with zero attached hydrogens (tertiary/aromatic N) is 2. The smallest absolute Gasteiger partial charge is 0.226 e. The van der Waals surface area contributed by atoms with E-state index in [0.29, 0.717) is 17.9 Å². The van der Waals surface area contributed by atoms with Gasteiger partial charge in [-0.25, -0.2) is 0 Å². The molecule has 1 aliphatic heterocycles. The van der Waals surface area contributed by atoms with Crippen molar-refractivity contribution >= 4 is 5.91 Å². The molecule has 1 heterocycles. The van der Waals surface area contributed by atoms with E-state index in [1.165, 1.54) is 19.3 Å². The largest absolute Gasteiger partial charge is 0.340 e. The summed E-state index contributed by atoms with van der Waals surface area (Å²) in [6.07, 6.45) is 5.05. The molecule has 2 saturated carbocycles. The zero-order chi connectivity index (χ0) is 13.4. The maximum Gasteiger partial charge on any atom is 0.226 e. The summed E-state index contributed by atoms with van der Waals surface area (Å²) in [5.74, 6) is 2.35. The third-order valence-corrected chi connectivity index (χ3v) is 5.58. The maximum atomic E-state index is 12.5. The van der Waals surface area contributed by atoms with Gasteiger partial charge in [-0.15, -0.1) is 0 Å². The molecule has 4 heteroatoms. The maximum absolute atomic E-state index is 12.5. The van der Waals surface area contributed by atoms with Gasteiger partial charge in [-0.05, 0) is 31.1 Å². The first-order valence-electron chi connectivity index (χ1n) is 7.99. The van der Waals surface area contributed by atoms with E-state index in [9.17, 15) is 4.79 Å². The number of nitrogens with two attached hydrogens (primary N) is 1. The quantitative estimate of drug-likeness (QED) is 0.822. The molecule has 2 N–H and O–H groups in total. The molecule has 3 atom stereocenters. The van der Waals surface area contributed by atoms with Gasteiger partial charge >= 0.3 is 0 Å². The minimum Gasteiger partial charge on any atom is -0.340 e. The average Bonchev–Trinajstić information content (AvgIpc) is 2.92.